The third-order valence-corrected chi connectivity index (χ3v) is 2.04. The number of pyridine rings is 1. The number of hydrogen-bond donors (Lipinski definition) is 1. The zero-order valence-electron chi connectivity index (χ0n) is 8.97. The summed E-state index contributed by atoms with van der Waals surface area (Å²) in [6.07, 6.45) is 3.37. The smallest absolute Gasteiger partial charge is 0.336 e. The maximum absolute atomic E-state index is 11.1. The van der Waals surface area contributed by atoms with Crippen molar-refractivity contribution in [2.24, 2.45) is 0 Å². The van der Waals surface area contributed by atoms with Crippen LogP contribution in [0.1, 0.15) is 29.3 Å². The molecule has 1 heterocycles. The van der Waals surface area contributed by atoms with Crippen LogP contribution in [0.2, 0.25) is 0 Å². The molecule has 0 atom stereocenters. The lowest BCUT2D eigenvalue weighted by Gasteiger charge is -2.04. The van der Waals surface area contributed by atoms with Crippen LogP contribution in [0.3, 0.4) is 0 Å². The first kappa shape index (κ1) is 12.2. The Labute approximate surface area is 93.1 Å². The fourth-order valence-corrected chi connectivity index (χ4v) is 1.30. The number of carboxylic acids is 1. The van der Waals surface area contributed by atoms with Gasteiger partial charge in [0.05, 0.1) is 12.2 Å². The van der Waals surface area contributed by atoms with Crippen molar-refractivity contribution in [3.05, 3.63) is 29.6 Å². The molecule has 1 N–H and O–H groups in total. The largest absolute Gasteiger partial charge is 0.478 e. The van der Waals surface area contributed by atoms with E-state index in [0.717, 1.165) is 0 Å². The quantitative estimate of drug-likeness (QED) is 0.761. The average Bonchev–Trinajstić information content (AvgIpc) is 2.27. The summed E-state index contributed by atoms with van der Waals surface area (Å²) < 4.78 is 4.76. The second kappa shape index (κ2) is 5.85. The first-order valence-corrected chi connectivity index (χ1v) is 4.97. The molecule has 0 aromatic carbocycles. The number of carboxylic acid groups (broad SMARTS) is 1. The molecule has 0 unspecified atom stereocenters. The van der Waals surface area contributed by atoms with E-state index in [1.54, 1.807) is 6.92 Å². The Bertz CT molecular complexity index is 389. The summed E-state index contributed by atoms with van der Waals surface area (Å²) in [6.45, 7) is 2.06. The average molecular weight is 223 g/mol. The van der Waals surface area contributed by atoms with Gasteiger partial charge in [-0.2, -0.15) is 0 Å². The molecule has 0 spiro atoms. The van der Waals surface area contributed by atoms with Crippen molar-refractivity contribution >= 4 is 11.9 Å². The van der Waals surface area contributed by atoms with E-state index in [-0.39, 0.29) is 18.0 Å². The highest BCUT2D eigenvalue weighted by molar-refractivity contribution is 5.89. The maximum atomic E-state index is 11.1. The fraction of sp³-hybridized carbons (Fsp3) is 0.364. The second-order valence-corrected chi connectivity index (χ2v) is 3.14. The predicted octanol–water partition coefficient (Wildman–Crippen LogP) is 1.28. The SMILES string of the molecule is CCOC(=O)CCc1cnccc1C(=O)O. The lowest BCUT2D eigenvalue weighted by molar-refractivity contribution is -0.143. The second-order valence-electron chi connectivity index (χ2n) is 3.14. The summed E-state index contributed by atoms with van der Waals surface area (Å²) in [6, 6.07) is 1.42. The van der Waals surface area contributed by atoms with Crippen LogP contribution in [-0.2, 0) is 16.0 Å². The van der Waals surface area contributed by atoms with Crippen molar-refractivity contribution in [2.45, 2.75) is 19.8 Å². The number of rotatable bonds is 5. The number of carbonyl (C=O) groups excluding carboxylic acids is 1. The fourth-order valence-electron chi connectivity index (χ4n) is 1.30. The van der Waals surface area contributed by atoms with E-state index in [1.165, 1.54) is 18.5 Å². The third kappa shape index (κ3) is 3.34. The molecule has 5 heteroatoms. The van der Waals surface area contributed by atoms with Gasteiger partial charge in [-0.15, -0.1) is 0 Å². The molecule has 0 saturated carbocycles. The number of hydrogen-bond acceptors (Lipinski definition) is 4. The van der Waals surface area contributed by atoms with Crippen LogP contribution in [0.25, 0.3) is 0 Å². The van der Waals surface area contributed by atoms with E-state index in [0.29, 0.717) is 18.6 Å². The summed E-state index contributed by atoms with van der Waals surface area (Å²) in [5.74, 6) is -1.34. The van der Waals surface area contributed by atoms with Gasteiger partial charge in [-0.05, 0) is 25.0 Å². The number of aryl methyl sites for hydroxylation is 1. The third-order valence-electron chi connectivity index (χ3n) is 2.04. The van der Waals surface area contributed by atoms with E-state index in [2.05, 4.69) is 4.98 Å². The van der Waals surface area contributed by atoms with Crippen LogP contribution >= 0.6 is 0 Å². The van der Waals surface area contributed by atoms with Crippen LogP contribution in [0.4, 0.5) is 0 Å². The zero-order chi connectivity index (χ0) is 12.0. The maximum Gasteiger partial charge on any atom is 0.336 e. The summed E-state index contributed by atoms with van der Waals surface area (Å²) in [5.41, 5.74) is 0.724. The minimum atomic E-state index is -1.01. The number of carbonyl (C=O) groups is 2. The molecular formula is C11H13NO4. The summed E-state index contributed by atoms with van der Waals surface area (Å²) >= 11 is 0. The van der Waals surface area contributed by atoms with Gasteiger partial charge < -0.3 is 9.84 Å². The van der Waals surface area contributed by atoms with Crippen molar-refractivity contribution in [1.29, 1.82) is 0 Å². The Kier molecular flexibility index (Phi) is 4.44. The Hall–Kier alpha value is -1.91. The number of nitrogens with zero attached hydrogens (tertiary/aromatic N) is 1. The van der Waals surface area contributed by atoms with Crippen molar-refractivity contribution in [3.8, 4) is 0 Å². The molecule has 0 radical (unpaired) electrons. The zero-order valence-corrected chi connectivity index (χ0v) is 8.97. The Morgan fingerprint density at radius 2 is 2.25 bits per heavy atom. The number of aromatic carboxylic acids is 1. The minimum Gasteiger partial charge on any atom is -0.478 e. The van der Waals surface area contributed by atoms with Crippen LogP contribution in [-0.4, -0.2) is 28.6 Å². The van der Waals surface area contributed by atoms with Crippen molar-refractivity contribution < 1.29 is 19.4 Å². The normalized spacial score (nSPS) is 9.81. The Balaban J connectivity index is 2.66. The number of ether oxygens (including phenoxy) is 1. The Morgan fingerprint density at radius 1 is 1.50 bits per heavy atom. The monoisotopic (exact) mass is 223 g/mol. The van der Waals surface area contributed by atoms with Gasteiger partial charge in [0.2, 0.25) is 0 Å². The van der Waals surface area contributed by atoms with E-state index in [1.807, 2.05) is 0 Å². The molecule has 0 aliphatic rings. The van der Waals surface area contributed by atoms with Crippen LogP contribution in [0.5, 0.6) is 0 Å². The van der Waals surface area contributed by atoms with E-state index in [9.17, 15) is 9.59 Å². The molecule has 0 amide bonds. The highest BCUT2D eigenvalue weighted by Crippen LogP contribution is 2.09. The lowest BCUT2D eigenvalue weighted by atomic mass is 10.1. The highest BCUT2D eigenvalue weighted by Gasteiger charge is 2.11. The molecule has 0 aliphatic carbocycles. The van der Waals surface area contributed by atoms with Crippen molar-refractivity contribution in [3.63, 3.8) is 0 Å². The minimum absolute atomic E-state index is 0.166. The van der Waals surface area contributed by atoms with Crippen LogP contribution < -0.4 is 0 Å². The first-order valence-electron chi connectivity index (χ1n) is 4.97. The molecule has 1 aromatic heterocycles. The van der Waals surface area contributed by atoms with Crippen molar-refractivity contribution in [1.82, 2.24) is 4.98 Å². The molecular weight excluding hydrogens is 210 g/mol. The van der Waals surface area contributed by atoms with Gasteiger partial charge in [0.1, 0.15) is 0 Å². The first-order chi connectivity index (χ1) is 7.65. The Morgan fingerprint density at radius 3 is 2.88 bits per heavy atom. The molecule has 16 heavy (non-hydrogen) atoms. The van der Waals surface area contributed by atoms with Gasteiger partial charge in [0.25, 0.3) is 0 Å². The van der Waals surface area contributed by atoms with Gasteiger partial charge in [0, 0.05) is 18.8 Å². The molecule has 5 nitrogen and oxygen atoms in total. The molecule has 1 rings (SSSR count). The molecule has 0 fully saturated rings. The molecule has 0 aliphatic heterocycles. The number of aromatic nitrogens is 1. The predicted molar refractivity (Wildman–Crippen MR) is 56.2 cm³/mol. The van der Waals surface area contributed by atoms with Crippen molar-refractivity contribution in [2.75, 3.05) is 6.61 Å². The van der Waals surface area contributed by atoms with E-state index in [4.69, 9.17) is 9.84 Å². The van der Waals surface area contributed by atoms with E-state index >= 15 is 0 Å². The van der Waals surface area contributed by atoms with Gasteiger partial charge in [-0.1, -0.05) is 0 Å². The highest BCUT2D eigenvalue weighted by atomic mass is 16.5. The summed E-state index contributed by atoms with van der Waals surface area (Å²) in [7, 11) is 0. The standard InChI is InChI=1S/C11H13NO4/c1-2-16-10(13)4-3-8-7-12-6-5-9(8)11(14)15/h5-7H,2-4H2,1H3,(H,14,15). The molecule has 0 bridgehead atoms. The van der Waals surface area contributed by atoms with Gasteiger partial charge in [-0.25, -0.2) is 4.79 Å². The molecule has 1 aromatic rings. The van der Waals surface area contributed by atoms with Gasteiger partial charge in [-0.3, -0.25) is 9.78 Å². The topological polar surface area (TPSA) is 76.5 Å². The molecule has 86 valence electrons. The summed E-state index contributed by atoms with van der Waals surface area (Å²) in [5, 5.41) is 8.89. The lowest BCUT2D eigenvalue weighted by Crippen LogP contribution is -2.08. The number of esters is 1. The van der Waals surface area contributed by atoms with Gasteiger partial charge >= 0.3 is 11.9 Å². The van der Waals surface area contributed by atoms with E-state index < -0.39 is 5.97 Å². The molecule has 0 saturated heterocycles. The summed E-state index contributed by atoms with van der Waals surface area (Å²) in [4.78, 5) is 25.8. The van der Waals surface area contributed by atoms with Crippen LogP contribution in [0.15, 0.2) is 18.5 Å². The van der Waals surface area contributed by atoms with Crippen LogP contribution in [0, 0.1) is 0 Å². The van der Waals surface area contributed by atoms with Gasteiger partial charge in [0.15, 0.2) is 0 Å².